The summed E-state index contributed by atoms with van der Waals surface area (Å²) in [6.07, 6.45) is 5.69. The highest BCUT2D eigenvalue weighted by Crippen LogP contribution is 2.38. The van der Waals surface area contributed by atoms with Crippen molar-refractivity contribution < 1.29 is 0 Å². The van der Waals surface area contributed by atoms with Crippen molar-refractivity contribution in [2.24, 2.45) is 0 Å². The van der Waals surface area contributed by atoms with Crippen LogP contribution >= 0.6 is 54.5 Å². The van der Waals surface area contributed by atoms with Crippen LogP contribution in [0.25, 0.3) is 0 Å². The Balaban J connectivity index is 2.09. The Morgan fingerprint density at radius 3 is 2.00 bits per heavy atom. The molecular formula is C12H8Br2N2S2. The topological polar surface area (TPSA) is 17.8 Å². The van der Waals surface area contributed by atoms with Crippen molar-refractivity contribution in [2.75, 3.05) is 0 Å². The first kappa shape index (κ1) is 12.6. The van der Waals surface area contributed by atoms with E-state index in [-0.39, 0.29) is 6.04 Å². The molecule has 0 aromatic carbocycles. The van der Waals surface area contributed by atoms with E-state index in [0.717, 1.165) is 7.57 Å². The van der Waals surface area contributed by atoms with Gasteiger partial charge in [0.25, 0.3) is 0 Å². The van der Waals surface area contributed by atoms with Crippen LogP contribution in [0, 0.1) is 0 Å². The molecule has 0 spiro atoms. The fraction of sp³-hybridized carbons (Fsp3) is 0.0833. The van der Waals surface area contributed by atoms with Crippen molar-refractivity contribution in [3.63, 3.8) is 0 Å². The minimum Gasteiger partial charge on any atom is -0.324 e. The molecule has 0 radical (unpaired) electrons. The van der Waals surface area contributed by atoms with E-state index in [1.807, 2.05) is 18.7 Å². The van der Waals surface area contributed by atoms with Gasteiger partial charge in [-0.2, -0.15) is 0 Å². The van der Waals surface area contributed by atoms with Crippen molar-refractivity contribution in [2.45, 2.75) is 6.04 Å². The summed E-state index contributed by atoms with van der Waals surface area (Å²) >= 11 is 10.6. The zero-order valence-corrected chi connectivity index (χ0v) is 13.9. The number of rotatable bonds is 3. The average Bonchev–Trinajstić information content (AvgIpc) is 3.04. The molecule has 0 aliphatic rings. The van der Waals surface area contributed by atoms with Crippen LogP contribution in [0.1, 0.15) is 15.8 Å². The third kappa shape index (κ3) is 2.47. The standard InChI is InChI=1S/C12H8Br2N2S2/c13-10-3-1-8(17-10)12(16-6-5-15-7-16)9-2-4-11(14)18-9/h1-7,12H. The van der Waals surface area contributed by atoms with E-state index in [4.69, 9.17) is 0 Å². The lowest BCUT2D eigenvalue weighted by Gasteiger charge is -2.15. The number of hydrogen-bond acceptors (Lipinski definition) is 3. The Labute approximate surface area is 130 Å². The smallest absolute Gasteiger partial charge is 0.103 e. The van der Waals surface area contributed by atoms with Gasteiger partial charge < -0.3 is 4.57 Å². The van der Waals surface area contributed by atoms with Gasteiger partial charge >= 0.3 is 0 Å². The molecule has 0 bridgehead atoms. The third-order valence-electron chi connectivity index (χ3n) is 2.55. The van der Waals surface area contributed by atoms with Gasteiger partial charge in [-0.3, -0.25) is 0 Å². The third-order valence-corrected chi connectivity index (χ3v) is 5.90. The quantitative estimate of drug-likeness (QED) is 0.589. The first-order chi connectivity index (χ1) is 8.74. The normalized spacial score (nSPS) is 11.3. The van der Waals surface area contributed by atoms with Crippen LogP contribution in [0.5, 0.6) is 0 Å². The number of hydrogen-bond donors (Lipinski definition) is 0. The van der Waals surface area contributed by atoms with Gasteiger partial charge in [-0.25, -0.2) is 4.98 Å². The number of aromatic nitrogens is 2. The fourth-order valence-corrected chi connectivity index (χ4v) is 4.98. The molecule has 3 aromatic rings. The molecule has 92 valence electrons. The lowest BCUT2D eigenvalue weighted by molar-refractivity contribution is 0.700. The van der Waals surface area contributed by atoms with Crippen LogP contribution in [0.4, 0.5) is 0 Å². The molecule has 0 saturated carbocycles. The zero-order valence-electron chi connectivity index (χ0n) is 9.09. The van der Waals surface area contributed by atoms with Gasteiger partial charge in [-0.15, -0.1) is 22.7 Å². The van der Waals surface area contributed by atoms with Crippen molar-refractivity contribution in [3.8, 4) is 0 Å². The van der Waals surface area contributed by atoms with E-state index in [1.54, 1.807) is 22.7 Å². The maximum atomic E-state index is 4.16. The second-order valence-electron chi connectivity index (χ2n) is 3.70. The van der Waals surface area contributed by atoms with Gasteiger partial charge in [0.1, 0.15) is 6.04 Å². The van der Waals surface area contributed by atoms with E-state index in [0.29, 0.717) is 0 Å². The molecule has 0 aliphatic heterocycles. The van der Waals surface area contributed by atoms with Gasteiger partial charge in [0.05, 0.1) is 13.9 Å². The van der Waals surface area contributed by atoms with Crippen molar-refractivity contribution in [1.82, 2.24) is 9.55 Å². The summed E-state index contributed by atoms with van der Waals surface area (Å²) in [7, 11) is 0. The molecular weight excluding hydrogens is 396 g/mol. The SMILES string of the molecule is Brc1ccc(C(c2ccc(Br)s2)n2ccnc2)s1. The molecule has 0 atom stereocenters. The van der Waals surface area contributed by atoms with Crippen molar-refractivity contribution >= 4 is 54.5 Å². The Morgan fingerprint density at radius 1 is 1.00 bits per heavy atom. The number of halogens is 2. The average molecular weight is 404 g/mol. The van der Waals surface area contributed by atoms with Gasteiger partial charge in [0.2, 0.25) is 0 Å². The monoisotopic (exact) mass is 402 g/mol. The predicted molar refractivity (Wildman–Crippen MR) is 83.5 cm³/mol. The molecule has 0 saturated heterocycles. The Hall–Kier alpha value is -0.430. The Bertz CT molecular complexity index is 602. The van der Waals surface area contributed by atoms with E-state index in [2.05, 4.69) is 65.7 Å². The summed E-state index contributed by atoms with van der Waals surface area (Å²) in [6, 6.07) is 8.71. The van der Waals surface area contributed by atoms with Gasteiger partial charge in [-0.1, -0.05) is 0 Å². The van der Waals surface area contributed by atoms with Gasteiger partial charge in [0, 0.05) is 22.1 Å². The van der Waals surface area contributed by atoms with E-state index in [9.17, 15) is 0 Å². The summed E-state index contributed by atoms with van der Waals surface area (Å²) in [6.45, 7) is 0. The lowest BCUT2D eigenvalue weighted by Crippen LogP contribution is -2.07. The van der Waals surface area contributed by atoms with E-state index in [1.165, 1.54) is 9.75 Å². The van der Waals surface area contributed by atoms with Crippen molar-refractivity contribution in [1.29, 1.82) is 0 Å². The zero-order chi connectivity index (χ0) is 12.5. The summed E-state index contributed by atoms with van der Waals surface area (Å²) in [5, 5.41) is 0. The molecule has 0 fully saturated rings. The molecule has 0 aliphatic carbocycles. The van der Waals surface area contributed by atoms with E-state index < -0.39 is 0 Å². The van der Waals surface area contributed by atoms with Gasteiger partial charge in [-0.05, 0) is 56.1 Å². The highest BCUT2D eigenvalue weighted by Gasteiger charge is 2.19. The molecule has 3 rings (SSSR count). The molecule has 3 heterocycles. The van der Waals surface area contributed by atoms with Crippen molar-refractivity contribution in [3.05, 3.63) is 60.3 Å². The maximum absolute atomic E-state index is 4.16. The molecule has 6 heteroatoms. The number of imidazole rings is 1. The van der Waals surface area contributed by atoms with Crippen LogP contribution < -0.4 is 0 Å². The fourth-order valence-electron chi connectivity index (χ4n) is 1.81. The van der Waals surface area contributed by atoms with Crippen LogP contribution in [0.15, 0.2) is 50.6 Å². The highest BCUT2D eigenvalue weighted by molar-refractivity contribution is 9.11. The molecule has 2 nitrogen and oxygen atoms in total. The largest absolute Gasteiger partial charge is 0.324 e. The molecule has 0 unspecified atom stereocenters. The predicted octanol–water partition coefficient (Wildman–Crippen LogP) is 5.17. The second kappa shape index (κ2) is 5.28. The summed E-state index contributed by atoms with van der Waals surface area (Å²) < 4.78 is 4.44. The lowest BCUT2D eigenvalue weighted by atomic mass is 10.2. The number of thiophene rings is 2. The molecule has 18 heavy (non-hydrogen) atoms. The van der Waals surface area contributed by atoms with Crippen LogP contribution in [-0.4, -0.2) is 9.55 Å². The summed E-state index contributed by atoms with van der Waals surface area (Å²) in [5.41, 5.74) is 0. The minimum atomic E-state index is 0.208. The number of nitrogens with zero attached hydrogens (tertiary/aromatic N) is 2. The maximum Gasteiger partial charge on any atom is 0.103 e. The van der Waals surface area contributed by atoms with Crippen LogP contribution in [0.2, 0.25) is 0 Å². The van der Waals surface area contributed by atoms with E-state index >= 15 is 0 Å². The first-order valence-corrected chi connectivity index (χ1v) is 8.44. The summed E-state index contributed by atoms with van der Waals surface area (Å²) in [4.78, 5) is 6.76. The summed E-state index contributed by atoms with van der Waals surface area (Å²) in [5.74, 6) is 0. The molecule has 0 amide bonds. The Kier molecular flexibility index (Phi) is 3.70. The van der Waals surface area contributed by atoms with Gasteiger partial charge in [0.15, 0.2) is 0 Å². The minimum absolute atomic E-state index is 0.208. The van der Waals surface area contributed by atoms with Crippen LogP contribution in [0.3, 0.4) is 0 Å². The molecule has 3 aromatic heterocycles. The molecule has 0 N–H and O–H groups in total. The second-order valence-corrected chi connectivity index (χ2v) is 8.69. The highest BCUT2D eigenvalue weighted by atomic mass is 79.9. The first-order valence-electron chi connectivity index (χ1n) is 5.22. The Morgan fingerprint density at radius 2 is 1.61 bits per heavy atom. The van der Waals surface area contributed by atoms with Crippen LogP contribution in [-0.2, 0) is 0 Å².